The van der Waals surface area contributed by atoms with Crippen LogP contribution in [0.5, 0.6) is 0 Å². The molecule has 0 unspecified atom stereocenters. The van der Waals surface area contributed by atoms with E-state index in [2.05, 4.69) is 19.9 Å². The Hall–Kier alpha value is -3.88. The summed E-state index contributed by atoms with van der Waals surface area (Å²) in [7, 11) is 0. The summed E-state index contributed by atoms with van der Waals surface area (Å²) >= 11 is 0. The first-order valence-electron chi connectivity index (χ1n) is 16.0. The minimum absolute atomic E-state index is 0.0427. The van der Waals surface area contributed by atoms with Crippen molar-refractivity contribution in [2.45, 2.75) is 110 Å². The number of fused-ring (bicyclic) bond motifs is 3. The lowest BCUT2D eigenvalue weighted by atomic mass is 9.86. The van der Waals surface area contributed by atoms with E-state index in [1.807, 2.05) is 46.8 Å². The van der Waals surface area contributed by atoms with Crippen molar-refractivity contribution in [2.75, 3.05) is 0 Å². The molecule has 0 saturated carbocycles. The molecule has 1 aromatic heterocycles. The van der Waals surface area contributed by atoms with Gasteiger partial charge in [0, 0.05) is 17.5 Å². The minimum atomic E-state index is -0.956. The summed E-state index contributed by atoms with van der Waals surface area (Å²) in [6.07, 6.45) is 6.20. The number of esters is 1. The average Bonchev–Trinajstić information content (AvgIpc) is 3.12. The molecule has 1 aliphatic carbocycles. The van der Waals surface area contributed by atoms with Crippen molar-refractivity contribution in [1.29, 1.82) is 0 Å². The van der Waals surface area contributed by atoms with Crippen molar-refractivity contribution >= 4 is 18.0 Å². The van der Waals surface area contributed by atoms with Crippen molar-refractivity contribution < 1.29 is 33.3 Å². The standard InChI is InChI=1S/C38H44FNO6/c1-22(2)34-31(18-16-27-20-28(45-38(6,7)44-27)21-32(41)46-37(3,4)5)33(23-11-14-26(39)15-12-23)30-10-8-9-24-19-25(36(42)43)13-17-29(24)35(30)40-34/h11-19,22,27-28H,8-10,20-21H2,1-7H3,(H,42,43)/b18-16+/t27-,28-/m1/s1. The maximum absolute atomic E-state index is 14.2. The van der Waals surface area contributed by atoms with E-state index >= 15 is 0 Å². The first kappa shape index (κ1) is 33.5. The van der Waals surface area contributed by atoms with Gasteiger partial charge in [-0.25, -0.2) is 9.18 Å². The Bertz CT molecular complexity index is 1650. The molecule has 1 aliphatic heterocycles. The fourth-order valence-corrected chi connectivity index (χ4v) is 6.46. The number of hydrogen-bond donors (Lipinski definition) is 1. The Morgan fingerprint density at radius 1 is 1.11 bits per heavy atom. The van der Waals surface area contributed by atoms with Crippen LogP contribution in [0.4, 0.5) is 4.39 Å². The molecule has 1 saturated heterocycles. The highest BCUT2D eigenvalue weighted by Gasteiger charge is 2.36. The van der Waals surface area contributed by atoms with Gasteiger partial charge in [-0.3, -0.25) is 9.78 Å². The summed E-state index contributed by atoms with van der Waals surface area (Å²) in [4.78, 5) is 29.7. The molecule has 2 aliphatic rings. The fourth-order valence-electron chi connectivity index (χ4n) is 6.46. The van der Waals surface area contributed by atoms with E-state index in [4.69, 9.17) is 19.2 Å². The minimum Gasteiger partial charge on any atom is -0.478 e. The van der Waals surface area contributed by atoms with Gasteiger partial charge in [0.1, 0.15) is 11.4 Å². The van der Waals surface area contributed by atoms with Crippen LogP contribution in [0.15, 0.2) is 48.5 Å². The number of nitrogens with zero attached hydrogens (tertiary/aromatic N) is 1. The number of aromatic nitrogens is 1. The molecule has 3 aromatic rings. The smallest absolute Gasteiger partial charge is 0.335 e. The molecule has 7 nitrogen and oxygen atoms in total. The van der Waals surface area contributed by atoms with Crippen LogP contribution in [-0.4, -0.2) is 45.6 Å². The normalized spacial score (nSPS) is 19.4. The van der Waals surface area contributed by atoms with E-state index in [0.717, 1.165) is 64.0 Å². The Labute approximate surface area is 270 Å². The Kier molecular flexibility index (Phi) is 9.52. The summed E-state index contributed by atoms with van der Waals surface area (Å²) in [5, 5.41) is 9.63. The van der Waals surface area contributed by atoms with Gasteiger partial charge in [0.2, 0.25) is 0 Å². The number of carbonyl (C=O) groups excluding carboxylic acids is 1. The number of ether oxygens (including phenoxy) is 3. The molecule has 8 heteroatoms. The van der Waals surface area contributed by atoms with Gasteiger partial charge in [0.25, 0.3) is 0 Å². The van der Waals surface area contributed by atoms with E-state index < -0.39 is 17.4 Å². The largest absolute Gasteiger partial charge is 0.478 e. The summed E-state index contributed by atoms with van der Waals surface area (Å²) < 4.78 is 32.1. The molecule has 2 heterocycles. The van der Waals surface area contributed by atoms with Gasteiger partial charge in [0.15, 0.2) is 5.79 Å². The number of benzene rings is 2. The maximum atomic E-state index is 14.2. The van der Waals surface area contributed by atoms with E-state index in [0.29, 0.717) is 6.42 Å². The lowest BCUT2D eigenvalue weighted by molar-refractivity contribution is -0.290. The Morgan fingerprint density at radius 3 is 2.48 bits per heavy atom. The highest BCUT2D eigenvalue weighted by molar-refractivity contribution is 5.90. The summed E-state index contributed by atoms with van der Waals surface area (Å²) in [5.41, 5.74) is 7.12. The number of aryl methyl sites for hydroxylation is 1. The Morgan fingerprint density at radius 2 is 1.83 bits per heavy atom. The molecule has 2 atom stereocenters. The van der Waals surface area contributed by atoms with E-state index in [1.54, 1.807) is 24.3 Å². The van der Waals surface area contributed by atoms with Gasteiger partial charge in [0.05, 0.1) is 35.6 Å². The van der Waals surface area contributed by atoms with Gasteiger partial charge < -0.3 is 19.3 Å². The number of rotatable bonds is 7. The van der Waals surface area contributed by atoms with Crippen LogP contribution >= 0.6 is 0 Å². The number of carbonyl (C=O) groups is 2. The number of pyridine rings is 1. The molecule has 0 spiro atoms. The molecule has 0 amide bonds. The molecule has 244 valence electrons. The van der Waals surface area contributed by atoms with Gasteiger partial charge in [-0.15, -0.1) is 0 Å². The van der Waals surface area contributed by atoms with Crippen LogP contribution in [0.1, 0.15) is 106 Å². The molecule has 0 radical (unpaired) electrons. The monoisotopic (exact) mass is 629 g/mol. The molecule has 2 aromatic carbocycles. The number of carboxylic acids is 1. The van der Waals surface area contributed by atoms with Crippen molar-refractivity contribution in [3.05, 3.63) is 82.3 Å². The predicted octanol–water partition coefficient (Wildman–Crippen LogP) is 8.52. The average molecular weight is 630 g/mol. The first-order chi connectivity index (χ1) is 21.6. The third-order valence-electron chi connectivity index (χ3n) is 8.20. The number of hydrogen-bond acceptors (Lipinski definition) is 6. The highest BCUT2D eigenvalue weighted by Crippen LogP contribution is 2.42. The van der Waals surface area contributed by atoms with E-state index in [9.17, 15) is 19.1 Å². The van der Waals surface area contributed by atoms with Crippen LogP contribution in [0, 0.1) is 5.82 Å². The molecule has 1 fully saturated rings. The number of carboxylic acid groups (broad SMARTS) is 1. The van der Waals surface area contributed by atoms with Gasteiger partial charge >= 0.3 is 11.9 Å². The van der Waals surface area contributed by atoms with Crippen molar-refractivity contribution in [2.24, 2.45) is 0 Å². The zero-order valence-corrected chi connectivity index (χ0v) is 27.8. The van der Waals surface area contributed by atoms with Gasteiger partial charge in [-0.05, 0) is 106 Å². The molecular weight excluding hydrogens is 585 g/mol. The number of aromatic carboxylic acids is 1. The van der Waals surface area contributed by atoms with Crippen LogP contribution in [0.3, 0.4) is 0 Å². The zero-order chi connectivity index (χ0) is 33.4. The SMILES string of the molecule is CC(C)c1nc2c(c(-c3ccc(F)cc3)c1/C=C/[C@@H]1C[C@H](CC(=O)OC(C)(C)C)OC(C)(C)O1)CCCc1cc(C(=O)O)ccc1-2. The highest BCUT2D eigenvalue weighted by atomic mass is 19.1. The molecule has 46 heavy (non-hydrogen) atoms. The number of halogens is 1. The molecule has 0 bridgehead atoms. The second-order valence-corrected chi connectivity index (χ2v) is 14.0. The quantitative estimate of drug-likeness (QED) is 0.262. The third kappa shape index (κ3) is 7.73. The topological polar surface area (TPSA) is 95.0 Å². The Balaban J connectivity index is 1.61. The van der Waals surface area contributed by atoms with Crippen molar-refractivity contribution in [1.82, 2.24) is 4.98 Å². The van der Waals surface area contributed by atoms with Crippen LogP contribution in [-0.2, 0) is 31.8 Å². The first-order valence-corrected chi connectivity index (χ1v) is 16.0. The van der Waals surface area contributed by atoms with Crippen LogP contribution in [0.25, 0.3) is 28.5 Å². The maximum Gasteiger partial charge on any atom is 0.335 e. The summed E-state index contributed by atoms with van der Waals surface area (Å²) in [6.45, 7) is 13.4. The summed E-state index contributed by atoms with van der Waals surface area (Å²) in [6, 6.07) is 11.8. The third-order valence-corrected chi connectivity index (χ3v) is 8.20. The molecular formula is C38H44FNO6. The predicted molar refractivity (Wildman–Crippen MR) is 176 cm³/mol. The lowest BCUT2D eigenvalue weighted by Crippen LogP contribution is -2.45. The lowest BCUT2D eigenvalue weighted by Gasteiger charge is -2.40. The second kappa shape index (κ2) is 13.1. The zero-order valence-electron chi connectivity index (χ0n) is 27.8. The summed E-state index contributed by atoms with van der Waals surface area (Å²) in [5.74, 6) is -2.45. The van der Waals surface area contributed by atoms with Crippen LogP contribution < -0.4 is 0 Å². The van der Waals surface area contributed by atoms with Gasteiger partial charge in [-0.2, -0.15) is 0 Å². The fraction of sp³-hybridized carbons (Fsp3) is 0.447. The van der Waals surface area contributed by atoms with E-state index in [-0.39, 0.29) is 41.9 Å². The van der Waals surface area contributed by atoms with Crippen molar-refractivity contribution in [3.63, 3.8) is 0 Å². The molecule has 5 rings (SSSR count). The van der Waals surface area contributed by atoms with Crippen molar-refractivity contribution in [3.8, 4) is 22.4 Å². The second-order valence-electron chi connectivity index (χ2n) is 14.0. The molecule has 1 N–H and O–H groups in total. The van der Waals surface area contributed by atoms with Gasteiger partial charge in [-0.1, -0.05) is 44.2 Å². The van der Waals surface area contributed by atoms with Crippen LogP contribution in [0.2, 0.25) is 0 Å². The van der Waals surface area contributed by atoms with E-state index in [1.165, 1.54) is 12.1 Å².